The van der Waals surface area contributed by atoms with Crippen molar-refractivity contribution in [3.05, 3.63) is 29.8 Å². The lowest BCUT2D eigenvalue weighted by Gasteiger charge is -2.45. The molecule has 0 bridgehead atoms. The van der Waals surface area contributed by atoms with Crippen molar-refractivity contribution in [3.8, 4) is 5.75 Å². The number of nitrogens with zero attached hydrogens (tertiary/aromatic N) is 2. The van der Waals surface area contributed by atoms with Crippen LogP contribution in [0.4, 0.5) is 0 Å². The smallest absolute Gasteiger partial charge is 0.246 e. The van der Waals surface area contributed by atoms with Crippen molar-refractivity contribution in [1.29, 1.82) is 0 Å². The molecule has 1 saturated carbocycles. The van der Waals surface area contributed by atoms with Gasteiger partial charge in [0.15, 0.2) is 0 Å². The van der Waals surface area contributed by atoms with Crippen molar-refractivity contribution >= 4 is 11.8 Å². The molecule has 1 aliphatic carbocycles. The van der Waals surface area contributed by atoms with E-state index in [0.29, 0.717) is 19.5 Å². The molecule has 128 valence electrons. The Morgan fingerprint density at radius 2 is 1.88 bits per heavy atom. The SMILES string of the molecule is O=C1N[C@@H](Cc2ccc(O)cc2)C(=O)N2CCN(CC3CC3)C[C@H]12. The fourth-order valence-electron chi connectivity index (χ4n) is 3.69. The van der Waals surface area contributed by atoms with Gasteiger partial charge in [0.1, 0.15) is 17.8 Å². The Morgan fingerprint density at radius 3 is 2.58 bits per heavy atom. The number of rotatable bonds is 4. The summed E-state index contributed by atoms with van der Waals surface area (Å²) in [4.78, 5) is 29.3. The molecule has 3 fully saturated rings. The van der Waals surface area contributed by atoms with Gasteiger partial charge in [0, 0.05) is 32.6 Å². The minimum Gasteiger partial charge on any atom is -0.508 e. The number of phenolic OH excluding ortho intramolecular Hbond substituents is 1. The molecule has 1 aromatic carbocycles. The van der Waals surface area contributed by atoms with Gasteiger partial charge in [-0.3, -0.25) is 14.5 Å². The van der Waals surface area contributed by atoms with Crippen LogP contribution in [0, 0.1) is 5.92 Å². The molecule has 2 amide bonds. The van der Waals surface area contributed by atoms with Crippen LogP contribution in [0.3, 0.4) is 0 Å². The highest BCUT2D eigenvalue weighted by Gasteiger charge is 2.43. The van der Waals surface area contributed by atoms with E-state index < -0.39 is 6.04 Å². The summed E-state index contributed by atoms with van der Waals surface area (Å²) >= 11 is 0. The summed E-state index contributed by atoms with van der Waals surface area (Å²) in [6.07, 6.45) is 3.05. The van der Waals surface area contributed by atoms with Crippen LogP contribution in [-0.2, 0) is 16.0 Å². The first-order valence-electron chi connectivity index (χ1n) is 8.71. The van der Waals surface area contributed by atoms with Gasteiger partial charge in [0.05, 0.1) is 0 Å². The van der Waals surface area contributed by atoms with E-state index in [1.807, 2.05) is 0 Å². The second kappa shape index (κ2) is 6.09. The van der Waals surface area contributed by atoms with Gasteiger partial charge in [-0.2, -0.15) is 0 Å². The van der Waals surface area contributed by atoms with Gasteiger partial charge in [0.2, 0.25) is 11.8 Å². The van der Waals surface area contributed by atoms with Gasteiger partial charge in [-0.15, -0.1) is 0 Å². The van der Waals surface area contributed by atoms with Gasteiger partial charge in [-0.05, 0) is 36.5 Å². The molecule has 0 spiro atoms. The summed E-state index contributed by atoms with van der Waals surface area (Å²) in [5.74, 6) is 0.961. The molecule has 2 aliphatic heterocycles. The van der Waals surface area contributed by atoms with Crippen LogP contribution >= 0.6 is 0 Å². The second-order valence-electron chi connectivity index (χ2n) is 7.18. The molecule has 1 aromatic rings. The first-order valence-corrected chi connectivity index (χ1v) is 8.71. The van der Waals surface area contributed by atoms with Gasteiger partial charge >= 0.3 is 0 Å². The molecular weight excluding hydrogens is 306 g/mol. The summed E-state index contributed by atoms with van der Waals surface area (Å²) in [5, 5.41) is 12.3. The number of hydrogen-bond donors (Lipinski definition) is 2. The molecule has 2 atom stereocenters. The zero-order valence-electron chi connectivity index (χ0n) is 13.6. The highest BCUT2D eigenvalue weighted by molar-refractivity contribution is 5.97. The molecule has 0 unspecified atom stereocenters. The molecule has 0 radical (unpaired) electrons. The van der Waals surface area contributed by atoms with Crippen molar-refractivity contribution < 1.29 is 14.7 Å². The molecule has 2 heterocycles. The minimum absolute atomic E-state index is 0.0127. The van der Waals surface area contributed by atoms with Crippen LogP contribution in [-0.4, -0.2) is 65.0 Å². The summed E-state index contributed by atoms with van der Waals surface area (Å²) in [7, 11) is 0. The fraction of sp³-hybridized carbons (Fsp3) is 0.556. The zero-order chi connectivity index (χ0) is 16.7. The van der Waals surface area contributed by atoms with E-state index in [9.17, 15) is 14.7 Å². The van der Waals surface area contributed by atoms with Gasteiger partial charge in [-0.1, -0.05) is 12.1 Å². The average Bonchev–Trinajstić information content (AvgIpc) is 3.38. The monoisotopic (exact) mass is 329 g/mol. The molecule has 6 nitrogen and oxygen atoms in total. The Kier molecular flexibility index (Phi) is 3.92. The van der Waals surface area contributed by atoms with Crippen molar-refractivity contribution in [2.75, 3.05) is 26.2 Å². The molecule has 24 heavy (non-hydrogen) atoms. The Bertz CT molecular complexity index is 641. The normalized spacial score (nSPS) is 27.8. The molecule has 0 aromatic heterocycles. The van der Waals surface area contributed by atoms with Gasteiger partial charge < -0.3 is 15.3 Å². The third-order valence-electron chi connectivity index (χ3n) is 5.25. The van der Waals surface area contributed by atoms with Gasteiger partial charge in [-0.25, -0.2) is 0 Å². The third-order valence-corrected chi connectivity index (χ3v) is 5.25. The molecule has 2 N–H and O–H groups in total. The molecule has 4 rings (SSSR count). The number of carbonyl (C=O) groups is 2. The van der Waals surface area contributed by atoms with E-state index in [1.165, 1.54) is 12.8 Å². The van der Waals surface area contributed by atoms with Crippen molar-refractivity contribution in [1.82, 2.24) is 15.1 Å². The second-order valence-corrected chi connectivity index (χ2v) is 7.18. The minimum atomic E-state index is -0.506. The van der Waals surface area contributed by atoms with Crippen LogP contribution in [0.2, 0.25) is 0 Å². The van der Waals surface area contributed by atoms with Crippen LogP contribution in [0.25, 0.3) is 0 Å². The van der Waals surface area contributed by atoms with E-state index in [1.54, 1.807) is 29.2 Å². The number of carbonyl (C=O) groups excluding carboxylic acids is 2. The van der Waals surface area contributed by atoms with E-state index in [-0.39, 0.29) is 23.6 Å². The lowest BCUT2D eigenvalue weighted by molar-refractivity contribution is -0.152. The maximum absolute atomic E-state index is 12.8. The van der Waals surface area contributed by atoms with Crippen LogP contribution in [0.5, 0.6) is 5.75 Å². The highest BCUT2D eigenvalue weighted by atomic mass is 16.3. The molecular formula is C18H23N3O3. The van der Waals surface area contributed by atoms with E-state index >= 15 is 0 Å². The first kappa shape index (κ1) is 15.4. The van der Waals surface area contributed by atoms with Crippen molar-refractivity contribution in [2.45, 2.75) is 31.3 Å². The highest BCUT2D eigenvalue weighted by Crippen LogP contribution is 2.30. The van der Waals surface area contributed by atoms with E-state index in [0.717, 1.165) is 24.6 Å². The van der Waals surface area contributed by atoms with Crippen molar-refractivity contribution in [3.63, 3.8) is 0 Å². The number of piperazine rings is 2. The summed E-state index contributed by atoms with van der Waals surface area (Å²) in [6, 6.07) is 5.92. The lowest BCUT2D eigenvalue weighted by atomic mass is 9.98. The number of benzene rings is 1. The molecule has 6 heteroatoms. The summed E-state index contributed by atoms with van der Waals surface area (Å²) in [6.45, 7) is 3.20. The fourth-order valence-corrected chi connectivity index (χ4v) is 3.69. The number of phenols is 1. The largest absolute Gasteiger partial charge is 0.508 e. The predicted octanol–water partition coefficient (Wildman–Crippen LogP) is 0.356. The van der Waals surface area contributed by atoms with Crippen LogP contribution < -0.4 is 5.32 Å². The Balaban J connectivity index is 1.42. The Morgan fingerprint density at radius 1 is 1.12 bits per heavy atom. The number of amides is 2. The maximum Gasteiger partial charge on any atom is 0.246 e. The average molecular weight is 329 g/mol. The van der Waals surface area contributed by atoms with E-state index in [2.05, 4.69) is 10.2 Å². The zero-order valence-corrected chi connectivity index (χ0v) is 13.6. The Hall–Kier alpha value is -2.08. The number of aromatic hydroxyl groups is 1. The quantitative estimate of drug-likeness (QED) is 0.836. The summed E-state index contributed by atoms with van der Waals surface area (Å²) in [5.41, 5.74) is 0.928. The molecule has 3 aliphatic rings. The van der Waals surface area contributed by atoms with Crippen LogP contribution in [0.1, 0.15) is 18.4 Å². The van der Waals surface area contributed by atoms with E-state index in [4.69, 9.17) is 0 Å². The predicted molar refractivity (Wildman–Crippen MR) is 88.4 cm³/mol. The maximum atomic E-state index is 12.8. The third kappa shape index (κ3) is 3.11. The number of fused-ring (bicyclic) bond motifs is 1. The first-order chi connectivity index (χ1) is 11.6. The lowest BCUT2D eigenvalue weighted by Crippen LogP contribution is -2.69. The van der Waals surface area contributed by atoms with Gasteiger partial charge in [0.25, 0.3) is 0 Å². The number of hydrogen-bond acceptors (Lipinski definition) is 4. The standard InChI is InChI=1S/C18H23N3O3/c22-14-5-3-12(4-6-14)9-15-18(24)21-8-7-20(10-13-1-2-13)11-16(21)17(23)19-15/h3-6,13,15-16,22H,1-2,7-11H2,(H,19,23)/t15-,16+/m0/s1. The van der Waals surface area contributed by atoms with Crippen molar-refractivity contribution in [2.24, 2.45) is 5.92 Å². The molecule has 2 saturated heterocycles. The number of nitrogens with one attached hydrogen (secondary N) is 1. The Labute approximate surface area is 141 Å². The topological polar surface area (TPSA) is 72.9 Å². The van der Waals surface area contributed by atoms with Crippen LogP contribution in [0.15, 0.2) is 24.3 Å². The summed E-state index contributed by atoms with van der Waals surface area (Å²) < 4.78 is 0.